The lowest BCUT2D eigenvalue weighted by Gasteiger charge is -2.19. The zero-order valence-corrected chi connectivity index (χ0v) is 16.8. The van der Waals surface area contributed by atoms with E-state index >= 15 is 0 Å². The van der Waals surface area contributed by atoms with E-state index < -0.39 is 0 Å². The molecule has 2 saturated heterocycles. The lowest BCUT2D eigenvalue weighted by atomic mass is 10.0. The molecule has 2 amide bonds. The lowest BCUT2D eigenvalue weighted by Crippen LogP contribution is -2.46. The maximum atomic E-state index is 12.3. The fourth-order valence-electron chi connectivity index (χ4n) is 4.66. The fourth-order valence-corrected chi connectivity index (χ4v) is 4.66. The molecule has 3 aliphatic rings. The number of nitrogens with one attached hydrogen (secondary N) is 3. The minimum atomic E-state index is -0.261. The minimum absolute atomic E-state index is 0.0437. The number of anilines is 2. The first-order chi connectivity index (χ1) is 14.8. The number of benzene rings is 1. The molecule has 0 radical (unpaired) electrons. The zero-order valence-electron chi connectivity index (χ0n) is 16.8. The highest BCUT2D eigenvalue weighted by Gasteiger charge is 2.48. The van der Waals surface area contributed by atoms with Crippen molar-refractivity contribution in [3.8, 4) is 0 Å². The molecule has 1 saturated carbocycles. The third-order valence-electron chi connectivity index (χ3n) is 6.17. The first-order valence-electron chi connectivity index (χ1n) is 10.7. The van der Waals surface area contributed by atoms with Crippen LogP contribution in [0.1, 0.15) is 37.3 Å². The summed E-state index contributed by atoms with van der Waals surface area (Å²) in [7, 11) is 0. The molecule has 0 bridgehead atoms. The van der Waals surface area contributed by atoms with Crippen molar-refractivity contribution in [3.63, 3.8) is 0 Å². The number of urea groups is 1. The Labute approximate surface area is 175 Å². The van der Waals surface area contributed by atoms with Gasteiger partial charge < -0.3 is 25.4 Å². The summed E-state index contributed by atoms with van der Waals surface area (Å²) in [6, 6.07) is 10.9. The van der Waals surface area contributed by atoms with Gasteiger partial charge in [-0.1, -0.05) is 31.0 Å². The normalized spacial score (nSPS) is 28.3. The van der Waals surface area contributed by atoms with E-state index in [-0.39, 0.29) is 30.3 Å². The van der Waals surface area contributed by atoms with Gasteiger partial charge >= 0.3 is 6.03 Å². The molecule has 3 fully saturated rings. The molecule has 2 aliphatic heterocycles. The quantitative estimate of drug-likeness (QED) is 0.703. The van der Waals surface area contributed by atoms with E-state index in [1.54, 1.807) is 0 Å². The van der Waals surface area contributed by atoms with Gasteiger partial charge in [0.1, 0.15) is 12.2 Å². The van der Waals surface area contributed by atoms with Gasteiger partial charge in [-0.15, -0.1) is 0 Å². The molecule has 1 aliphatic carbocycles. The van der Waals surface area contributed by atoms with Crippen molar-refractivity contribution < 1.29 is 14.3 Å². The number of carbonyl (C=O) groups is 1. The Hall–Kier alpha value is -2.71. The van der Waals surface area contributed by atoms with Crippen LogP contribution in [0.2, 0.25) is 0 Å². The van der Waals surface area contributed by atoms with Gasteiger partial charge in [-0.05, 0) is 31.0 Å². The third-order valence-corrected chi connectivity index (χ3v) is 6.17. The molecule has 158 valence electrons. The van der Waals surface area contributed by atoms with Crippen molar-refractivity contribution in [1.82, 2.24) is 15.3 Å². The Morgan fingerprint density at radius 2 is 1.70 bits per heavy atom. The van der Waals surface area contributed by atoms with E-state index in [9.17, 15) is 4.79 Å². The van der Waals surface area contributed by atoms with Gasteiger partial charge in [0, 0.05) is 23.5 Å². The molecule has 2 aromatic rings. The molecule has 0 unspecified atom stereocenters. The van der Waals surface area contributed by atoms with Crippen molar-refractivity contribution in [1.29, 1.82) is 0 Å². The third kappa shape index (κ3) is 4.11. The van der Waals surface area contributed by atoms with Crippen LogP contribution in [0, 0.1) is 0 Å². The van der Waals surface area contributed by atoms with Gasteiger partial charge in [0.05, 0.1) is 25.3 Å². The lowest BCUT2D eigenvalue weighted by molar-refractivity contribution is 0.0683. The molecule has 1 aromatic carbocycles. The van der Waals surface area contributed by atoms with E-state index in [1.807, 2.05) is 42.6 Å². The van der Waals surface area contributed by atoms with Crippen LogP contribution in [0.4, 0.5) is 16.4 Å². The molecule has 1 aromatic heterocycles. The number of rotatable bonds is 5. The smallest absolute Gasteiger partial charge is 0.319 e. The second-order valence-corrected chi connectivity index (χ2v) is 8.20. The molecule has 5 rings (SSSR count). The number of hydrogen-bond acceptors (Lipinski definition) is 6. The first-order valence-corrected chi connectivity index (χ1v) is 10.7. The molecule has 8 nitrogen and oxygen atoms in total. The summed E-state index contributed by atoms with van der Waals surface area (Å²) in [6.45, 7) is 0.906. The number of aromatic nitrogens is 2. The second-order valence-electron chi connectivity index (χ2n) is 8.20. The maximum absolute atomic E-state index is 12.3. The van der Waals surface area contributed by atoms with Gasteiger partial charge in [-0.25, -0.2) is 14.8 Å². The number of ether oxygens (including phenoxy) is 2. The molecule has 0 spiro atoms. The number of amides is 2. The van der Waals surface area contributed by atoms with E-state index in [0.717, 1.165) is 11.4 Å². The number of carbonyl (C=O) groups excluding carboxylic acids is 1. The van der Waals surface area contributed by atoms with Crippen LogP contribution in [0.3, 0.4) is 0 Å². The van der Waals surface area contributed by atoms with Gasteiger partial charge in [0.2, 0.25) is 5.95 Å². The summed E-state index contributed by atoms with van der Waals surface area (Å²) in [4.78, 5) is 21.4. The van der Waals surface area contributed by atoms with Crippen LogP contribution in [0.15, 0.2) is 42.6 Å². The summed E-state index contributed by atoms with van der Waals surface area (Å²) >= 11 is 0. The molecular weight excluding hydrogens is 382 g/mol. The SMILES string of the molecule is O=C(Nc1ccccc1)N[C@H]1CO[C@H]2[C@@H]1OC[C@@H]2Nc1nccc(C2CCCC2)n1. The number of hydrogen-bond donors (Lipinski definition) is 3. The summed E-state index contributed by atoms with van der Waals surface area (Å²) in [5, 5.41) is 9.20. The van der Waals surface area contributed by atoms with E-state index in [2.05, 4.69) is 20.9 Å². The summed E-state index contributed by atoms with van der Waals surface area (Å²) < 4.78 is 11.9. The average molecular weight is 409 g/mol. The number of fused-ring (bicyclic) bond motifs is 1. The number of para-hydroxylation sites is 1. The molecule has 4 atom stereocenters. The molecule has 30 heavy (non-hydrogen) atoms. The van der Waals surface area contributed by atoms with E-state index in [0.29, 0.717) is 25.1 Å². The Morgan fingerprint density at radius 1 is 0.967 bits per heavy atom. The highest BCUT2D eigenvalue weighted by Crippen LogP contribution is 2.33. The summed E-state index contributed by atoms with van der Waals surface area (Å²) in [5.74, 6) is 1.16. The van der Waals surface area contributed by atoms with Gasteiger partial charge in [-0.2, -0.15) is 0 Å². The highest BCUT2D eigenvalue weighted by atomic mass is 16.6. The molecular formula is C22H27N5O3. The van der Waals surface area contributed by atoms with Crippen molar-refractivity contribution in [3.05, 3.63) is 48.3 Å². The second kappa shape index (κ2) is 8.57. The van der Waals surface area contributed by atoms with Crippen molar-refractivity contribution in [2.24, 2.45) is 0 Å². The first kappa shape index (κ1) is 19.3. The van der Waals surface area contributed by atoms with Crippen LogP contribution in [-0.2, 0) is 9.47 Å². The van der Waals surface area contributed by atoms with Crippen LogP contribution in [0.5, 0.6) is 0 Å². The summed E-state index contributed by atoms with van der Waals surface area (Å²) in [6.07, 6.45) is 6.44. The molecule has 3 heterocycles. The predicted molar refractivity (Wildman–Crippen MR) is 113 cm³/mol. The Kier molecular flexibility index (Phi) is 5.50. The Balaban J connectivity index is 1.18. The van der Waals surface area contributed by atoms with Crippen LogP contribution in [0.25, 0.3) is 0 Å². The van der Waals surface area contributed by atoms with E-state index in [1.165, 1.54) is 25.7 Å². The largest absolute Gasteiger partial charge is 0.371 e. The van der Waals surface area contributed by atoms with Gasteiger partial charge in [-0.3, -0.25) is 0 Å². The molecule has 8 heteroatoms. The number of nitrogens with zero attached hydrogens (tertiary/aromatic N) is 2. The Morgan fingerprint density at radius 3 is 2.50 bits per heavy atom. The van der Waals surface area contributed by atoms with E-state index in [4.69, 9.17) is 14.5 Å². The van der Waals surface area contributed by atoms with Crippen LogP contribution >= 0.6 is 0 Å². The predicted octanol–water partition coefficient (Wildman–Crippen LogP) is 2.90. The fraction of sp³-hybridized carbons (Fsp3) is 0.500. The van der Waals surface area contributed by atoms with Crippen molar-refractivity contribution >= 4 is 17.7 Å². The Bertz CT molecular complexity index is 874. The van der Waals surface area contributed by atoms with Gasteiger partial charge in [0.15, 0.2) is 0 Å². The minimum Gasteiger partial charge on any atom is -0.371 e. The topological polar surface area (TPSA) is 97.4 Å². The van der Waals surface area contributed by atoms with Gasteiger partial charge in [0.25, 0.3) is 0 Å². The maximum Gasteiger partial charge on any atom is 0.319 e. The standard InChI is InChI=1S/C22H27N5O3/c28-22(24-15-8-2-1-3-9-15)27-18-13-30-19-17(12-29-20(18)19)26-21-23-11-10-16(25-21)14-6-4-5-7-14/h1-3,8-11,14,17-20H,4-7,12-13H2,(H,23,25,26)(H2,24,27,28)/t17-,18-,19+,20+/m0/s1. The zero-order chi connectivity index (χ0) is 20.3. The van der Waals surface area contributed by atoms with Crippen molar-refractivity contribution in [2.75, 3.05) is 23.8 Å². The molecule has 3 N–H and O–H groups in total. The average Bonchev–Trinajstić information content (AvgIpc) is 3.50. The van der Waals surface area contributed by atoms with Crippen molar-refractivity contribution in [2.45, 2.75) is 55.9 Å². The van der Waals surface area contributed by atoms with Crippen LogP contribution in [-0.4, -0.2) is 53.5 Å². The van der Waals surface area contributed by atoms with Crippen LogP contribution < -0.4 is 16.0 Å². The summed E-state index contributed by atoms with van der Waals surface area (Å²) in [5.41, 5.74) is 1.86. The monoisotopic (exact) mass is 409 g/mol. The highest BCUT2D eigenvalue weighted by molar-refractivity contribution is 5.89.